The highest BCUT2D eigenvalue weighted by molar-refractivity contribution is 14.1. The van der Waals surface area contributed by atoms with Gasteiger partial charge >= 0.3 is 12.1 Å². The molecule has 1 aromatic rings. The molecule has 0 aromatic heterocycles. The van der Waals surface area contributed by atoms with Gasteiger partial charge in [0.25, 0.3) is 0 Å². The number of ether oxygens (including phenoxy) is 2. The van der Waals surface area contributed by atoms with Gasteiger partial charge in [-0.25, -0.2) is 9.59 Å². The van der Waals surface area contributed by atoms with Crippen molar-refractivity contribution in [1.29, 1.82) is 0 Å². The molecule has 1 rings (SSSR count). The van der Waals surface area contributed by atoms with Crippen LogP contribution in [0.25, 0.3) is 0 Å². The Bertz CT molecular complexity index is 646. The molecule has 0 saturated carbocycles. The predicted molar refractivity (Wildman–Crippen MR) is 108 cm³/mol. The summed E-state index contributed by atoms with van der Waals surface area (Å²) in [7, 11) is 0. The van der Waals surface area contributed by atoms with Gasteiger partial charge in [0.15, 0.2) is 0 Å². The van der Waals surface area contributed by atoms with Crippen molar-refractivity contribution in [3.05, 3.63) is 27.3 Å². The number of rotatable bonds is 5. The fraction of sp³-hybridized carbons (Fsp3) is 0.579. The van der Waals surface area contributed by atoms with Gasteiger partial charge in [0, 0.05) is 3.57 Å². The monoisotopic (exact) mass is 477 g/mol. The summed E-state index contributed by atoms with van der Waals surface area (Å²) in [6.07, 6.45) is 0.152. The number of phenolic OH excluding ortho intramolecular Hbond substituents is 1. The molecule has 0 aliphatic heterocycles. The highest BCUT2D eigenvalue weighted by Gasteiger charge is 2.28. The van der Waals surface area contributed by atoms with Crippen molar-refractivity contribution in [3.8, 4) is 5.75 Å². The number of carbonyl (C=O) groups excluding carboxylic acids is 2. The van der Waals surface area contributed by atoms with Gasteiger partial charge in [-0.2, -0.15) is 0 Å². The molecule has 1 amide bonds. The summed E-state index contributed by atoms with van der Waals surface area (Å²) in [5.74, 6) is -0.354. The number of amides is 1. The van der Waals surface area contributed by atoms with Crippen LogP contribution in [-0.4, -0.2) is 34.4 Å². The normalized spacial score (nSPS) is 13.0. The molecule has 1 aromatic carbocycles. The summed E-state index contributed by atoms with van der Waals surface area (Å²) in [4.78, 5) is 24.6. The van der Waals surface area contributed by atoms with E-state index in [1.54, 1.807) is 59.7 Å². The third-order valence-corrected chi connectivity index (χ3v) is 4.17. The second-order valence-corrected chi connectivity index (χ2v) is 9.21. The quantitative estimate of drug-likeness (QED) is 0.492. The topological polar surface area (TPSA) is 84.9 Å². The largest absolute Gasteiger partial charge is 0.508 e. The van der Waals surface area contributed by atoms with E-state index in [2.05, 4.69) is 27.9 Å². The number of carbonyl (C=O) groups is 2. The van der Waals surface area contributed by atoms with E-state index in [1.807, 2.05) is 0 Å². The molecule has 2 N–H and O–H groups in total. The number of aryl methyl sites for hydroxylation is 1. The van der Waals surface area contributed by atoms with Crippen molar-refractivity contribution in [3.63, 3.8) is 0 Å². The van der Waals surface area contributed by atoms with Gasteiger partial charge in [0.1, 0.15) is 23.0 Å². The minimum absolute atomic E-state index is 0.161. The molecule has 0 fully saturated rings. The van der Waals surface area contributed by atoms with E-state index in [0.29, 0.717) is 12.8 Å². The molecule has 6 nitrogen and oxygen atoms in total. The Hall–Kier alpha value is -1.51. The van der Waals surface area contributed by atoms with Gasteiger partial charge in [-0.15, -0.1) is 0 Å². The third-order valence-electron chi connectivity index (χ3n) is 3.11. The SMILES string of the molecule is CC(C)(C)OC(=O)N[C@@H](CCc1cc(O)ccc1I)C(=O)OC(C)(C)C. The Morgan fingerprint density at radius 3 is 2.23 bits per heavy atom. The number of nitrogens with one attached hydrogen (secondary N) is 1. The van der Waals surface area contributed by atoms with Crippen molar-refractivity contribution in [2.24, 2.45) is 0 Å². The standard InChI is InChI=1S/C19H28INO5/c1-18(2,3)25-16(23)15(21-17(24)26-19(4,5)6)10-7-12-11-13(22)8-9-14(12)20/h8-9,11,15,22H,7,10H2,1-6H3,(H,21,24)/t15-/m0/s1. The zero-order chi connectivity index (χ0) is 20.1. The van der Waals surface area contributed by atoms with Crippen LogP contribution in [0.15, 0.2) is 18.2 Å². The first-order valence-electron chi connectivity index (χ1n) is 8.46. The molecule has 26 heavy (non-hydrogen) atoms. The highest BCUT2D eigenvalue weighted by Crippen LogP contribution is 2.21. The molecule has 7 heteroatoms. The van der Waals surface area contributed by atoms with E-state index < -0.39 is 29.3 Å². The second kappa shape index (κ2) is 8.92. The van der Waals surface area contributed by atoms with E-state index >= 15 is 0 Å². The van der Waals surface area contributed by atoms with Crippen LogP contribution in [0.3, 0.4) is 0 Å². The smallest absolute Gasteiger partial charge is 0.408 e. The van der Waals surface area contributed by atoms with Crippen LogP contribution in [0.5, 0.6) is 5.75 Å². The summed E-state index contributed by atoms with van der Waals surface area (Å²) in [6, 6.07) is 4.22. The number of benzene rings is 1. The molecular weight excluding hydrogens is 449 g/mol. The first kappa shape index (κ1) is 22.5. The molecule has 0 radical (unpaired) electrons. The summed E-state index contributed by atoms with van der Waals surface area (Å²) in [6.45, 7) is 10.6. The van der Waals surface area contributed by atoms with Crippen molar-refractivity contribution in [1.82, 2.24) is 5.32 Å². The molecule has 0 spiro atoms. The number of alkyl carbamates (subject to hydrolysis) is 1. The van der Waals surface area contributed by atoms with E-state index in [4.69, 9.17) is 9.47 Å². The van der Waals surface area contributed by atoms with E-state index in [9.17, 15) is 14.7 Å². The van der Waals surface area contributed by atoms with Crippen LogP contribution in [0.2, 0.25) is 0 Å². The molecule has 0 unspecified atom stereocenters. The zero-order valence-electron chi connectivity index (χ0n) is 16.2. The lowest BCUT2D eigenvalue weighted by Crippen LogP contribution is -2.46. The first-order chi connectivity index (χ1) is 11.8. The maximum absolute atomic E-state index is 12.5. The number of aromatic hydroxyl groups is 1. The van der Waals surface area contributed by atoms with E-state index in [-0.39, 0.29) is 5.75 Å². The fourth-order valence-electron chi connectivity index (χ4n) is 2.12. The van der Waals surface area contributed by atoms with Crippen molar-refractivity contribution >= 4 is 34.7 Å². The van der Waals surface area contributed by atoms with Gasteiger partial charge in [-0.1, -0.05) is 0 Å². The van der Waals surface area contributed by atoms with E-state index in [1.165, 1.54) is 0 Å². The molecule has 1 atom stereocenters. The summed E-state index contributed by atoms with van der Waals surface area (Å²) in [5.41, 5.74) is -0.432. The van der Waals surface area contributed by atoms with Crippen LogP contribution in [-0.2, 0) is 20.7 Å². The Labute approximate surface area is 168 Å². The maximum atomic E-state index is 12.5. The summed E-state index contributed by atoms with van der Waals surface area (Å²) in [5, 5.41) is 12.3. The lowest BCUT2D eigenvalue weighted by atomic mass is 10.0. The molecule has 0 aliphatic carbocycles. The van der Waals surface area contributed by atoms with Crippen molar-refractivity contribution in [2.75, 3.05) is 0 Å². The number of phenols is 1. The van der Waals surface area contributed by atoms with Gasteiger partial charge in [-0.05, 0) is 101 Å². The molecule has 146 valence electrons. The van der Waals surface area contributed by atoms with Crippen LogP contribution in [0.4, 0.5) is 4.79 Å². The first-order valence-corrected chi connectivity index (χ1v) is 9.54. The Morgan fingerprint density at radius 1 is 1.12 bits per heavy atom. The lowest BCUT2D eigenvalue weighted by Gasteiger charge is -2.26. The zero-order valence-corrected chi connectivity index (χ0v) is 18.3. The lowest BCUT2D eigenvalue weighted by molar-refractivity contribution is -0.157. The van der Waals surface area contributed by atoms with Gasteiger partial charge in [-0.3, -0.25) is 0 Å². The number of hydrogen-bond donors (Lipinski definition) is 2. The maximum Gasteiger partial charge on any atom is 0.408 e. The highest BCUT2D eigenvalue weighted by atomic mass is 127. The Balaban J connectivity index is 2.87. The number of halogens is 1. The van der Waals surface area contributed by atoms with Crippen molar-refractivity contribution in [2.45, 2.75) is 71.6 Å². The summed E-state index contributed by atoms with van der Waals surface area (Å²) < 4.78 is 11.6. The molecule has 0 bridgehead atoms. The van der Waals surface area contributed by atoms with Crippen LogP contribution < -0.4 is 5.32 Å². The van der Waals surface area contributed by atoms with Gasteiger partial charge in [0.05, 0.1) is 0 Å². The third kappa shape index (κ3) is 8.73. The molecule has 0 saturated heterocycles. The number of esters is 1. The second-order valence-electron chi connectivity index (χ2n) is 8.05. The summed E-state index contributed by atoms with van der Waals surface area (Å²) >= 11 is 2.17. The number of hydrogen-bond acceptors (Lipinski definition) is 5. The molecule has 0 aliphatic rings. The fourth-order valence-corrected chi connectivity index (χ4v) is 2.73. The average molecular weight is 477 g/mol. The van der Waals surface area contributed by atoms with E-state index in [0.717, 1.165) is 9.13 Å². The van der Waals surface area contributed by atoms with Crippen LogP contribution >= 0.6 is 22.6 Å². The predicted octanol–water partition coefficient (Wildman–Crippen LogP) is 4.16. The molecule has 0 heterocycles. The Kier molecular flexibility index (Phi) is 7.73. The van der Waals surface area contributed by atoms with Gasteiger partial charge < -0.3 is 19.9 Å². The average Bonchev–Trinajstić information content (AvgIpc) is 2.42. The van der Waals surface area contributed by atoms with Crippen LogP contribution in [0, 0.1) is 3.57 Å². The van der Waals surface area contributed by atoms with Crippen molar-refractivity contribution < 1.29 is 24.2 Å². The minimum Gasteiger partial charge on any atom is -0.508 e. The van der Waals surface area contributed by atoms with Crippen LogP contribution in [0.1, 0.15) is 53.5 Å². The van der Waals surface area contributed by atoms with Gasteiger partial charge in [0.2, 0.25) is 0 Å². The minimum atomic E-state index is -0.845. The Morgan fingerprint density at radius 2 is 1.69 bits per heavy atom. The molecular formula is C19H28INO5.